The van der Waals surface area contributed by atoms with Gasteiger partial charge in [0.2, 0.25) is 0 Å². The second-order valence-corrected chi connectivity index (χ2v) is 7.26. The number of hydrogen-bond donors (Lipinski definition) is 1. The minimum atomic E-state index is 0.528. The smallest absolute Gasteiger partial charge is 0.193 e. The van der Waals surface area contributed by atoms with E-state index in [9.17, 15) is 0 Å². The van der Waals surface area contributed by atoms with Crippen molar-refractivity contribution in [1.82, 2.24) is 34.6 Å². The molecule has 1 atom stereocenters. The van der Waals surface area contributed by atoms with Crippen molar-refractivity contribution in [1.29, 1.82) is 0 Å². The van der Waals surface area contributed by atoms with E-state index < -0.39 is 0 Å². The van der Waals surface area contributed by atoms with Crippen molar-refractivity contribution in [3.63, 3.8) is 0 Å². The predicted octanol–water partition coefficient (Wildman–Crippen LogP) is 1.85. The topological polar surface area (TPSA) is 75.6 Å². The summed E-state index contributed by atoms with van der Waals surface area (Å²) in [5, 5.41) is 16.3. The number of nitrogens with one attached hydrogen (secondary N) is 1. The fourth-order valence-electron chi connectivity index (χ4n) is 3.79. The summed E-state index contributed by atoms with van der Waals surface area (Å²) in [4.78, 5) is 7.23. The van der Waals surface area contributed by atoms with Gasteiger partial charge in [0, 0.05) is 58.0 Å². The number of rotatable bonds is 6. The Labute approximate surface area is 165 Å². The first kappa shape index (κ1) is 18.5. The molecule has 3 aromatic heterocycles. The van der Waals surface area contributed by atoms with Gasteiger partial charge in [0.05, 0.1) is 6.20 Å². The molecule has 1 saturated heterocycles. The maximum Gasteiger partial charge on any atom is 0.193 e. The Morgan fingerprint density at radius 3 is 3.07 bits per heavy atom. The highest BCUT2D eigenvalue weighted by Gasteiger charge is 2.26. The second kappa shape index (κ2) is 8.41. The van der Waals surface area contributed by atoms with Crippen molar-refractivity contribution in [3.8, 4) is 0 Å². The Morgan fingerprint density at radius 2 is 2.25 bits per heavy atom. The first-order valence-corrected chi connectivity index (χ1v) is 10.0. The fraction of sp³-hybridized carbons (Fsp3) is 0.500. The number of fused-ring (bicyclic) bond motifs is 1. The quantitative estimate of drug-likeness (QED) is 0.401. The van der Waals surface area contributed by atoms with Gasteiger partial charge >= 0.3 is 0 Å². The molecule has 0 spiro atoms. The molecular formula is C20H28N8. The van der Waals surface area contributed by atoms with Crippen LogP contribution in [0, 0.1) is 0 Å². The summed E-state index contributed by atoms with van der Waals surface area (Å²) < 4.78 is 3.93. The highest BCUT2D eigenvalue weighted by molar-refractivity contribution is 5.80. The molecule has 0 aromatic carbocycles. The lowest BCUT2D eigenvalue weighted by Gasteiger charge is -2.21. The summed E-state index contributed by atoms with van der Waals surface area (Å²) in [5.74, 6) is 2.54. The molecule has 1 aliphatic rings. The van der Waals surface area contributed by atoms with E-state index in [1.54, 1.807) is 0 Å². The molecule has 4 rings (SSSR count). The number of guanidine groups is 1. The van der Waals surface area contributed by atoms with Crippen LogP contribution in [0.5, 0.6) is 0 Å². The standard InChI is InChI=1S/C20H28N8/c1-3-21-20(27-12-9-16(15-27)17-13-23-26(2)14-17)22-10-6-8-19-25-24-18-7-4-5-11-28(18)19/h4-5,7,11,13-14,16H,3,6,8-10,12,15H2,1-2H3,(H,21,22). The van der Waals surface area contributed by atoms with Crippen molar-refractivity contribution in [2.45, 2.75) is 32.1 Å². The van der Waals surface area contributed by atoms with Crippen LogP contribution in [0.4, 0.5) is 0 Å². The van der Waals surface area contributed by atoms with Gasteiger partial charge in [-0.05, 0) is 37.5 Å². The van der Waals surface area contributed by atoms with Crippen molar-refractivity contribution >= 4 is 11.6 Å². The molecule has 0 aliphatic carbocycles. The zero-order chi connectivity index (χ0) is 19.3. The molecule has 3 aromatic rings. The molecule has 0 radical (unpaired) electrons. The molecule has 4 heterocycles. The average Bonchev–Trinajstić information content (AvgIpc) is 3.44. The van der Waals surface area contributed by atoms with Gasteiger partial charge in [0.1, 0.15) is 5.82 Å². The lowest BCUT2D eigenvalue weighted by molar-refractivity contribution is 0.485. The highest BCUT2D eigenvalue weighted by Crippen LogP contribution is 2.26. The highest BCUT2D eigenvalue weighted by atomic mass is 15.3. The van der Waals surface area contributed by atoms with Crippen molar-refractivity contribution in [3.05, 3.63) is 48.2 Å². The van der Waals surface area contributed by atoms with Gasteiger partial charge in [-0.25, -0.2) is 0 Å². The molecule has 1 N–H and O–H groups in total. The molecule has 8 heteroatoms. The second-order valence-electron chi connectivity index (χ2n) is 7.26. The summed E-state index contributed by atoms with van der Waals surface area (Å²) >= 11 is 0. The van der Waals surface area contributed by atoms with E-state index in [4.69, 9.17) is 4.99 Å². The van der Waals surface area contributed by atoms with Crippen LogP contribution in [0.25, 0.3) is 5.65 Å². The average molecular weight is 381 g/mol. The van der Waals surface area contributed by atoms with Crippen LogP contribution in [-0.2, 0) is 13.5 Å². The minimum Gasteiger partial charge on any atom is -0.357 e. The Morgan fingerprint density at radius 1 is 1.32 bits per heavy atom. The Balaban J connectivity index is 1.34. The molecule has 8 nitrogen and oxygen atoms in total. The number of aromatic nitrogens is 5. The van der Waals surface area contributed by atoms with Crippen LogP contribution in [0.2, 0.25) is 0 Å². The lowest BCUT2D eigenvalue weighted by atomic mass is 10.0. The number of likely N-dealkylation sites (tertiary alicyclic amines) is 1. The molecule has 0 bridgehead atoms. The normalized spacial score (nSPS) is 17.6. The molecule has 28 heavy (non-hydrogen) atoms. The SMILES string of the molecule is CCNC(=NCCCc1nnc2ccccn12)N1CCC(c2cnn(C)c2)C1. The van der Waals surface area contributed by atoms with Crippen LogP contribution in [0.3, 0.4) is 0 Å². The van der Waals surface area contributed by atoms with Crippen LogP contribution >= 0.6 is 0 Å². The largest absolute Gasteiger partial charge is 0.357 e. The summed E-state index contributed by atoms with van der Waals surface area (Å²) in [6.45, 7) is 5.79. The first-order chi connectivity index (χ1) is 13.7. The van der Waals surface area contributed by atoms with Crippen molar-refractivity contribution in [2.24, 2.45) is 12.0 Å². The maximum atomic E-state index is 4.86. The van der Waals surface area contributed by atoms with Crippen molar-refractivity contribution in [2.75, 3.05) is 26.2 Å². The van der Waals surface area contributed by atoms with Crippen molar-refractivity contribution < 1.29 is 0 Å². The Bertz CT molecular complexity index is 940. The molecule has 148 valence electrons. The third kappa shape index (κ3) is 4.00. The van der Waals surface area contributed by atoms with Gasteiger partial charge in [-0.3, -0.25) is 14.1 Å². The van der Waals surface area contributed by atoms with E-state index in [-0.39, 0.29) is 0 Å². The Hall–Kier alpha value is -2.90. The number of aryl methyl sites for hydroxylation is 2. The molecule has 0 amide bonds. The predicted molar refractivity (Wildman–Crippen MR) is 109 cm³/mol. The van der Waals surface area contributed by atoms with E-state index in [2.05, 4.69) is 38.6 Å². The summed E-state index contributed by atoms with van der Waals surface area (Å²) in [5.41, 5.74) is 2.22. The van der Waals surface area contributed by atoms with Gasteiger partial charge in [0.25, 0.3) is 0 Å². The fourth-order valence-corrected chi connectivity index (χ4v) is 3.79. The van der Waals surface area contributed by atoms with Gasteiger partial charge in [-0.15, -0.1) is 10.2 Å². The molecule has 1 fully saturated rings. The summed E-state index contributed by atoms with van der Waals surface area (Å²) in [6.07, 6.45) is 9.09. The van der Waals surface area contributed by atoms with Crippen LogP contribution in [0.15, 0.2) is 41.8 Å². The summed E-state index contributed by atoms with van der Waals surface area (Å²) in [6, 6.07) is 5.97. The summed E-state index contributed by atoms with van der Waals surface area (Å²) in [7, 11) is 1.97. The van der Waals surface area contributed by atoms with Gasteiger partial charge in [-0.1, -0.05) is 6.07 Å². The van der Waals surface area contributed by atoms with Crippen LogP contribution < -0.4 is 5.32 Å². The molecule has 1 unspecified atom stereocenters. The Kier molecular flexibility index (Phi) is 5.55. The van der Waals surface area contributed by atoms with Gasteiger partial charge in [-0.2, -0.15) is 5.10 Å². The van der Waals surface area contributed by atoms with E-state index in [1.165, 1.54) is 5.56 Å². The zero-order valence-electron chi connectivity index (χ0n) is 16.6. The van der Waals surface area contributed by atoms with E-state index >= 15 is 0 Å². The minimum absolute atomic E-state index is 0.528. The van der Waals surface area contributed by atoms with E-state index in [0.717, 1.165) is 62.9 Å². The number of pyridine rings is 1. The third-order valence-electron chi connectivity index (χ3n) is 5.22. The van der Waals surface area contributed by atoms with Gasteiger partial charge in [0.15, 0.2) is 11.6 Å². The zero-order valence-corrected chi connectivity index (χ0v) is 16.6. The number of hydrogen-bond acceptors (Lipinski definition) is 4. The van der Waals surface area contributed by atoms with E-state index in [1.807, 2.05) is 46.7 Å². The van der Waals surface area contributed by atoms with Crippen LogP contribution in [-0.4, -0.2) is 61.4 Å². The lowest BCUT2D eigenvalue weighted by Crippen LogP contribution is -2.40. The number of nitrogens with zero attached hydrogens (tertiary/aromatic N) is 7. The van der Waals surface area contributed by atoms with Crippen LogP contribution in [0.1, 0.15) is 37.1 Å². The molecule has 0 saturated carbocycles. The maximum absolute atomic E-state index is 4.86. The first-order valence-electron chi connectivity index (χ1n) is 10.0. The van der Waals surface area contributed by atoms with E-state index in [0.29, 0.717) is 5.92 Å². The number of aliphatic imine (C=N–C) groups is 1. The molecule has 1 aliphatic heterocycles. The van der Waals surface area contributed by atoms with Gasteiger partial charge < -0.3 is 10.2 Å². The third-order valence-corrected chi connectivity index (χ3v) is 5.22. The monoisotopic (exact) mass is 380 g/mol. The molecular weight excluding hydrogens is 352 g/mol.